The second-order valence-corrected chi connectivity index (χ2v) is 6.07. The Labute approximate surface area is 102 Å². The normalized spacial score (nSPS) is 18.7. The van der Waals surface area contributed by atoms with E-state index in [2.05, 4.69) is 16.9 Å². The maximum Gasteiger partial charge on any atom is 0.228 e. The largest absolute Gasteiger partial charge is 0.340 e. The molecular weight excluding hydrogens is 214 g/mol. The summed E-state index contributed by atoms with van der Waals surface area (Å²) >= 11 is 0. The standard InChI is InChI=1S/C13H19N3O/c1-12(2,3)11(17)16-7-13(4,8-16)10-5-6-14-9-15-10/h5-6,9H,7-8H2,1-4H3. The number of carbonyl (C=O) groups is 1. The van der Waals surface area contributed by atoms with Gasteiger partial charge in [0, 0.05) is 30.1 Å². The number of aromatic nitrogens is 2. The van der Waals surface area contributed by atoms with Crippen LogP contribution in [0.15, 0.2) is 18.6 Å². The molecule has 0 atom stereocenters. The van der Waals surface area contributed by atoms with Gasteiger partial charge in [0.2, 0.25) is 5.91 Å². The Balaban J connectivity index is 2.06. The minimum absolute atomic E-state index is 0.0101. The Kier molecular flexibility index (Phi) is 2.68. The molecule has 1 aliphatic rings. The van der Waals surface area contributed by atoms with Crippen molar-refractivity contribution in [3.8, 4) is 0 Å². The Hall–Kier alpha value is -1.45. The Bertz CT molecular complexity index is 416. The zero-order valence-electron chi connectivity index (χ0n) is 10.9. The van der Waals surface area contributed by atoms with E-state index in [9.17, 15) is 4.79 Å². The zero-order valence-corrected chi connectivity index (χ0v) is 10.9. The number of carbonyl (C=O) groups excluding carboxylic acids is 1. The number of likely N-dealkylation sites (tertiary alicyclic amines) is 1. The fourth-order valence-electron chi connectivity index (χ4n) is 2.22. The van der Waals surface area contributed by atoms with Crippen molar-refractivity contribution >= 4 is 5.91 Å². The third kappa shape index (κ3) is 2.16. The summed E-state index contributed by atoms with van der Waals surface area (Å²) in [6.45, 7) is 9.50. The highest BCUT2D eigenvalue weighted by Gasteiger charge is 2.45. The van der Waals surface area contributed by atoms with Gasteiger partial charge in [0.05, 0.1) is 5.69 Å². The van der Waals surface area contributed by atoms with E-state index in [-0.39, 0.29) is 16.7 Å². The molecule has 1 aromatic rings. The van der Waals surface area contributed by atoms with E-state index < -0.39 is 0 Å². The average molecular weight is 233 g/mol. The van der Waals surface area contributed by atoms with Crippen molar-refractivity contribution in [2.45, 2.75) is 33.1 Å². The lowest BCUT2D eigenvalue weighted by Gasteiger charge is -2.49. The lowest BCUT2D eigenvalue weighted by molar-refractivity contribution is -0.147. The van der Waals surface area contributed by atoms with Crippen LogP contribution < -0.4 is 0 Å². The van der Waals surface area contributed by atoms with Gasteiger partial charge in [0.25, 0.3) is 0 Å². The van der Waals surface area contributed by atoms with Gasteiger partial charge in [0.15, 0.2) is 0 Å². The molecule has 0 unspecified atom stereocenters. The second-order valence-electron chi connectivity index (χ2n) is 6.07. The quantitative estimate of drug-likeness (QED) is 0.740. The molecule has 1 amide bonds. The minimum atomic E-state index is -0.299. The molecule has 0 bridgehead atoms. The second kappa shape index (κ2) is 3.79. The van der Waals surface area contributed by atoms with Crippen molar-refractivity contribution in [1.82, 2.24) is 14.9 Å². The van der Waals surface area contributed by atoms with E-state index in [0.29, 0.717) is 0 Å². The molecule has 92 valence electrons. The molecule has 2 rings (SSSR count). The zero-order chi connectivity index (χ0) is 12.7. The van der Waals surface area contributed by atoms with Gasteiger partial charge >= 0.3 is 0 Å². The van der Waals surface area contributed by atoms with Gasteiger partial charge in [-0.15, -0.1) is 0 Å². The first-order valence-electron chi connectivity index (χ1n) is 5.89. The molecule has 4 heteroatoms. The van der Waals surface area contributed by atoms with Crippen LogP contribution >= 0.6 is 0 Å². The molecule has 1 saturated heterocycles. The predicted molar refractivity (Wildman–Crippen MR) is 65.4 cm³/mol. The van der Waals surface area contributed by atoms with Crippen LogP contribution in [0.5, 0.6) is 0 Å². The van der Waals surface area contributed by atoms with Gasteiger partial charge in [-0.3, -0.25) is 4.79 Å². The fraction of sp³-hybridized carbons (Fsp3) is 0.615. The van der Waals surface area contributed by atoms with E-state index in [1.165, 1.54) is 0 Å². The number of rotatable bonds is 1. The lowest BCUT2D eigenvalue weighted by atomic mass is 9.77. The van der Waals surface area contributed by atoms with E-state index in [1.54, 1.807) is 12.5 Å². The maximum absolute atomic E-state index is 12.1. The van der Waals surface area contributed by atoms with Gasteiger partial charge in [-0.2, -0.15) is 0 Å². The van der Waals surface area contributed by atoms with Crippen molar-refractivity contribution in [2.24, 2.45) is 5.41 Å². The molecule has 17 heavy (non-hydrogen) atoms. The van der Waals surface area contributed by atoms with Crippen LogP contribution in [0.1, 0.15) is 33.4 Å². The van der Waals surface area contributed by atoms with Gasteiger partial charge in [-0.1, -0.05) is 27.7 Å². The minimum Gasteiger partial charge on any atom is -0.340 e. The predicted octanol–water partition coefficient (Wildman–Crippen LogP) is 1.62. The first kappa shape index (κ1) is 12.0. The molecule has 1 fully saturated rings. The molecule has 2 heterocycles. The summed E-state index contributed by atoms with van der Waals surface area (Å²) in [6, 6.07) is 1.93. The average Bonchev–Trinajstić information content (AvgIpc) is 2.24. The number of nitrogens with zero attached hydrogens (tertiary/aromatic N) is 3. The van der Waals surface area contributed by atoms with E-state index in [0.717, 1.165) is 18.8 Å². The third-order valence-electron chi connectivity index (χ3n) is 3.21. The number of hydrogen-bond acceptors (Lipinski definition) is 3. The first-order valence-corrected chi connectivity index (χ1v) is 5.89. The van der Waals surface area contributed by atoms with Crippen molar-refractivity contribution in [3.63, 3.8) is 0 Å². The summed E-state index contributed by atoms with van der Waals surface area (Å²) in [5.74, 6) is 0.212. The molecule has 0 aromatic carbocycles. The summed E-state index contributed by atoms with van der Waals surface area (Å²) < 4.78 is 0. The first-order chi connectivity index (χ1) is 7.83. The van der Waals surface area contributed by atoms with Crippen molar-refractivity contribution < 1.29 is 4.79 Å². The molecule has 0 saturated carbocycles. The molecule has 0 spiro atoms. The third-order valence-corrected chi connectivity index (χ3v) is 3.21. The van der Waals surface area contributed by atoms with Crippen LogP contribution in [-0.4, -0.2) is 33.9 Å². The van der Waals surface area contributed by atoms with Crippen LogP contribution in [0.2, 0.25) is 0 Å². The van der Waals surface area contributed by atoms with Gasteiger partial charge in [0.1, 0.15) is 6.33 Å². The fourth-order valence-corrected chi connectivity index (χ4v) is 2.22. The van der Waals surface area contributed by atoms with Crippen LogP contribution in [0.25, 0.3) is 0 Å². The molecule has 0 N–H and O–H groups in total. The summed E-state index contributed by atoms with van der Waals surface area (Å²) in [6.07, 6.45) is 3.32. The number of hydrogen-bond donors (Lipinski definition) is 0. The smallest absolute Gasteiger partial charge is 0.228 e. The SMILES string of the molecule is CC(C)(C)C(=O)N1CC(C)(c2ccncn2)C1. The Morgan fingerprint density at radius 2 is 2.06 bits per heavy atom. The van der Waals surface area contributed by atoms with Gasteiger partial charge in [-0.05, 0) is 6.07 Å². The molecule has 1 aromatic heterocycles. The van der Waals surface area contributed by atoms with Crippen LogP contribution in [0, 0.1) is 5.41 Å². The Morgan fingerprint density at radius 1 is 1.41 bits per heavy atom. The summed E-state index contributed by atoms with van der Waals surface area (Å²) in [4.78, 5) is 22.2. The summed E-state index contributed by atoms with van der Waals surface area (Å²) in [5, 5.41) is 0. The molecular formula is C13H19N3O. The van der Waals surface area contributed by atoms with Crippen molar-refractivity contribution in [3.05, 3.63) is 24.3 Å². The number of amides is 1. The maximum atomic E-state index is 12.1. The van der Waals surface area contributed by atoms with Crippen molar-refractivity contribution in [2.75, 3.05) is 13.1 Å². The highest BCUT2D eigenvalue weighted by atomic mass is 16.2. The van der Waals surface area contributed by atoms with Crippen molar-refractivity contribution in [1.29, 1.82) is 0 Å². The van der Waals surface area contributed by atoms with Gasteiger partial charge < -0.3 is 4.90 Å². The highest BCUT2D eigenvalue weighted by Crippen LogP contribution is 2.35. The summed E-state index contributed by atoms with van der Waals surface area (Å²) in [7, 11) is 0. The monoisotopic (exact) mass is 233 g/mol. The topological polar surface area (TPSA) is 46.1 Å². The van der Waals surface area contributed by atoms with E-state index in [4.69, 9.17) is 0 Å². The molecule has 1 aliphatic heterocycles. The van der Waals surface area contributed by atoms with Crippen LogP contribution in [-0.2, 0) is 10.2 Å². The van der Waals surface area contributed by atoms with Gasteiger partial charge in [-0.25, -0.2) is 9.97 Å². The molecule has 0 aliphatic carbocycles. The van der Waals surface area contributed by atoms with E-state index >= 15 is 0 Å². The highest BCUT2D eigenvalue weighted by molar-refractivity contribution is 5.82. The Morgan fingerprint density at radius 3 is 2.53 bits per heavy atom. The summed E-state index contributed by atoms with van der Waals surface area (Å²) in [5.41, 5.74) is 0.710. The van der Waals surface area contributed by atoms with Crippen LogP contribution in [0.3, 0.4) is 0 Å². The van der Waals surface area contributed by atoms with E-state index in [1.807, 2.05) is 31.7 Å². The van der Waals surface area contributed by atoms with Crippen LogP contribution in [0.4, 0.5) is 0 Å². The molecule has 0 radical (unpaired) electrons. The molecule has 4 nitrogen and oxygen atoms in total. The lowest BCUT2D eigenvalue weighted by Crippen LogP contribution is -2.62.